The van der Waals surface area contributed by atoms with Crippen LogP contribution in [0.3, 0.4) is 0 Å². The van der Waals surface area contributed by atoms with Gasteiger partial charge in [0.1, 0.15) is 6.07 Å². The summed E-state index contributed by atoms with van der Waals surface area (Å²) in [5.41, 5.74) is 1.01. The summed E-state index contributed by atoms with van der Waals surface area (Å²) in [4.78, 5) is 10.2. The molecule has 84 valence electrons. The van der Waals surface area contributed by atoms with Gasteiger partial charge in [0.15, 0.2) is 0 Å². The molecule has 4 heteroatoms. The van der Waals surface area contributed by atoms with Gasteiger partial charge < -0.3 is 4.90 Å². The molecule has 1 aliphatic rings. The van der Waals surface area contributed by atoms with Crippen molar-refractivity contribution in [2.75, 3.05) is 11.9 Å². The van der Waals surface area contributed by atoms with E-state index in [1.54, 1.807) is 12.4 Å². The number of nitrogens with zero attached hydrogens (tertiary/aromatic N) is 4. The van der Waals surface area contributed by atoms with Gasteiger partial charge in [-0.15, -0.1) is 0 Å². The second-order valence-electron chi connectivity index (χ2n) is 4.28. The first-order chi connectivity index (χ1) is 7.81. The maximum absolute atomic E-state index is 8.63. The van der Waals surface area contributed by atoms with Gasteiger partial charge in [0.05, 0.1) is 18.1 Å². The normalized spacial score (nSPS) is 16.8. The van der Waals surface area contributed by atoms with Crippen LogP contribution >= 0.6 is 0 Å². The van der Waals surface area contributed by atoms with Crippen LogP contribution in [0.2, 0.25) is 0 Å². The molecule has 0 amide bonds. The van der Waals surface area contributed by atoms with Crippen molar-refractivity contribution < 1.29 is 0 Å². The molecule has 1 heterocycles. The Labute approximate surface area is 95.9 Å². The third-order valence-corrected chi connectivity index (χ3v) is 3.27. The topological polar surface area (TPSA) is 52.8 Å². The predicted molar refractivity (Wildman–Crippen MR) is 62.0 cm³/mol. The summed E-state index contributed by atoms with van der Waals surface area (Å²) in [5.74, 6) is 0.237. The second-order valence-corrected chi connectivity index (χ2v) is 4.28. The van der Waals surface area contributed by atoms with Crippen molar-refractivity contribution in [1.29, 1.82) is 5.26 Å². The molecule has 0 N–H and O–H groups in total. The van der Waals surface area contributed by atoms with E-state index < -0.39 is 0 Å². The number of rotatable bonds is 2. The molecule has 0 unspecified atom stereocenters. The van der Waals surface area contributed by atoms with Crippen LogP contribution in [0, 0.1) is 11.3 Å². The van der Waals surface area contributed by atoms with E-state index in [2.05, 4.69) is 21.9 Å². The quantitative estimate of drug-likeness (QED) is 0.759. The maximum atomic E-state index is 8.63. The molecule has 0 spiro atoms. The molecule has 0 bridgehead atoms. The van der Waals surface area contributed by atoms with Crippen molar-refractivity contribution >= 4 is 5.69 Å². The highest BCUT2D eigenvalue weighted by Gasteiger charge is 2.18. The molecular formula is C12H16N4. The van der Waals surface area contributed by atoms with Crippen molar-refractivity contribution in [2.45, 2.75) is 38.1 Å². The first-order valence-electron chi connectivity index (χ1n) is 5.76. The number of hydrogen-bond donors (Lipinski definition) is 0. The van der Waals surface area contributed by atoms with Gasteiger partial charge in [0.2, 0.25) is 5.82 Å². The van der Waals surface area contributed by atoms with E-state index in [4.69, 9.17) is 5.26 Å². The number of aromatic nitrogens is 2. The summed E-state index contributed by atoms with van der Waals surface area (Å²) in [5, 5.41) is 8.63. The Bertz CT molecular complexity index is 373. The van der Waals surface area contributed by atoms with E-state index in [1.807, 2.05) is 6.07 Å². The van der Waals surface area contributed by atoms with E-state index >= 15 is 0 Å². The molecule has 0 radical (unpaired) electrons. The lowest BCUT2D eigenvalue weighted by molar-refractivity contribution is 0.427. The smallest absolute Gasteiger partial charge is 0.232 e. The van der Waals surface area contributed by atoms with Crippen molar-refractivity contribution in [3.8, 4) is 6.07 Å². The Kier molecular flexibility index (Phi) is 3.35. The fourth-order valence-corrected chi connectivity index (χ4v) is 2.24. The fourth-order valence-electron chi connectivity index (χ4n) is 2.24. The number of hydrogen-bond acceptors (Lipinski definition) is 4. The highest BCUT2D eigenvalue weighted by Crippen LogP contribution is 2.25. The standard InChI is InChI=1S/C12H16N4/c1-16(10-5-3-2-4-6-10)11-8-14-12(7-13)15-9-11/h8-10H,2-6H2,1H3. The number of anilines is 1. The summed E-state index contributed by atoms with van der Waals surface area (Å²) in [6, 6.07) is 2.53. The van der Waals surface area contributed by atoms with E-state index in [9.17, 15) is 0 Å². The van der Waals surface area contributed by atoms with Crippen molar-refractivity contribution in [3.05, 3.63) is 18.2 Å². The number of nitriles is 1. The molecule has 0 saturated heterocycles. The maximum Gasteiger partial charge on any atom is 0.232 e. The summed E-state index contributed by atoms with van der Waals surface area (Å²) in [6.45, 7) is 0. The van der Waals surface area contributed by atoms with Crippen LogP contribution in [0.4, 0.5) is 5.69 Å². The lowest BCUT2D eigenvalue weighted by Crippen LogP contribution is -2.33. The average Bonchev–Trinajstić information content (AvgIpc) is 2.39. The SMILES string of the molecule is CN(c1cnc(C#N)nc1)C1CCCCC1. The molecule has 1 aliphatic carbocycles. The van der Waals surface area contributed by atoms with Crippen LogP contribution in [0.25, 0.3) is 0 Å². The van der Waals surface area contributed by atoms with E-state index in [0.29, 0.717) is 6.04 Å². The summed E-state index contributed by atoms with van der Waals surface area (Å²) in [7, 11) is 2.08. The lowest BCUT2D eigenvalue weighted by Gasteiger charge is -2.32. The zero-order valence-electron chi connectivity index (χ0n) is 9.56. The average molecular weight is 216 g/mol. The first-order valence-corrected chi connectivity index (χ1v) is 5.76. The van der Waals surface area contributed by atoms with Crippen LogP contribution in [0.5, 0.6) is 0 Å². The largest absolute Gasteiger partial charge is 0.369 e. The Morgan fingerprint density at radius 1 is 1.25 bits per heavy atom. The molecule has 0 aliphatic heterocycles. The minimum Gasteiger partial charge on any atom is -0.369 e. The zero-order valence-corrected chi connectivity index (χ0v) is 9.56. The van der Waals surface area contributed by atoms with Crippen LogP contribution < -0.4 is 4.90 Å². The monoisotopic (exact) mass is 216 g/mol. The first kappa shape index (κ1) is 10.9. The Balaban J connectivity index is 2.07. The van der Waals surface area contributed by atoms with Gasteiger partial charge in [-0.3, -0.25) is 0 Å². The van der Waals surface area contributed by atoms with Gasteiger partial charge in [0.25, 0.3) is 0 Å². The van der Waals surface area contributed by atoms with E-state index in [0.717, 1.165) is 5.69 Å². The highest BCUT2D eigenvalue weighted by atomic mass is 15.1. The zero-order chi connectivity index (χ0) is 11.4. The molecule has 1 fully saturated rings. The van der Waals surface area contributed by atoms with Gasteiger partial charge in [-0.1, -0.05) is 19.3 Å². The Morgan fingerprint density at radius 2 is 1.88 bits per heavy atom. The van der Waals surface area contributed by atoms with Gasteiger partial charge in [-0.05, 0) is 12.8 Å². The minimum atomic E-state index is 0.237. The molecule has 4 nitrogen and oxygen atoms in total. The van der Waals surface area contributed by atoms with Crippen molar-refractivity contribution in [2.24, 2.45) is 0 Å². The van der Waals surface area contributed by atoms with Crippen molar-refractivity contribution in [3.63, 3.8) is 0 Å². The molecule has 2 rings (SSSR count). The van der Waals surface area contributed by atoms with Crippen LogP contribution in [-0.4, -0.2) is 23.1 Å². The third-order valence-electron chi connectivity index (χ3n) is 3.27. The van der Waals surface area contributed by atoms with Gasteiger partial charge in [-0.25, -0.2) is 9.97 Å². The second kappa shape index (κ2) is 4.93. The fraction of sp³-hybridized carbons (Fsp3) is 0.583. The van der Waals surface area contributed by atoms with Crippen LogP contribution in [0.1, 0.15) is 37.9 Å². The van der Waals surface area contributed by atoms with Crippen molar-refractivity contribution in [1.82, 2.24) is 9.97 Å². The summed E-state index contributed by atoms with van der Waals surface area (Å²) < 4.78 is 0. The lowest BCUT2D eigenvalue weighted by atomic mass is 9.94. The van der Waals surface area contributed by atoms with Gasteiger partial charge in [-0.2, -0.15) is 5.26 Å². The molecule has 0 aromatic carbocycles. The van der Waals surface area contributed by atoms with E-state index in [-0.39, 0.29) is 5.82 Å². The summed E-state index contributed by atoms with van der Waals surface area (Å²) in [6.07, 6.45) is 9.94. The van der Waals surface area contributed by atoms with Crippen LogP contribution in [-0.2, 0) is 0 Å². The third kappa shape index (κ3) is 2.30. The Hall–Kier alpha value is -1.63. The molecule has 1 saturated carbocycles. The van der Waals surface area contributed by atoms with E-state index in [1.165, 1.54) is 32.1 Å². The molecule has 1 aromatic rings. The predicted octanol–water partition coefficient (Wildman–Crippen LogP) is 2.12. The van der Waals surface area contributed by atoms with Gasteiger partial charge in [0, 0.05) is 13.1 Å². The molecular weight excluding hydrogens is 200 g/mol. The molecule has 0 atom stereocenters. The molecule has 1 aromatic heterocycles. The minimum absolute atomic E-state index is 0.237. The Morgan fingerprint density at radius 3 is 2.44 bits per heavy atom. The molecule has 16 heavy (non-hydrogen) atoms. The van der Waals surface area contributed by atoms with Gasteiger partial charge >= 0.3 is 0 Å². The van der Waals surface area contributed by atoms with Crippen LogP contribution in [0.15, 0.2) is 12.4 Å². The highest BCUT2D eigenvalue weighted by molar-refractivity contribution is 5.42. The summed E-state index contributed by atoms with van der Waals surface area (Å²) >= 11 is 0.